The molecule has 0 bridgehead atoms. The summed E-state index contributed by atoms with van der Waals surface area (Å²) in [5.74, 6) is 0.673. The van der Waals surface area contributed by atoms with Crippen LogP contribution in [0.2, 0.25) is 0 Å². The number of rotatable bonds is 5. The molecule has 4 nitrogen and oxygen atoms in total. The summed E-state index contributed by atoms with van der Waals surface area (Å²) in [6.07, 6.45) is 3.19. The predicted molar refractivity (Wildman–Crippen MR) is 77.8 cm³/mol. The Morgan fingerprint density at radius 2 is 2.32 bits per heavy atom. The van der Waals surface area contributed by atoms with Crippen LogP contribution in [0.5, 0.6) is 0 Å². The second-order valence-electron chi connectivity index (χ2n) is 5.67. The maximum atomic E-state index is 8.62. The first kappa shape index (κ1) is 13.9. The maximum Gasteiger partial charge on any atom is 0.0628 e. The summed E-state index contributed by atoms with van der Waals surface area (Å²) in [7, 11) is 0. The Labute approximate surface area is 114 Å². The Morgan fingerprint density at radius 3 is 3.05 bits per heavy atom. The van der Waals surface area contributed by atoms with Crippen molar-refractivity contribution in [2.24, 2.45) is 11.0 Å². The molecule has 0 aromatic heterocycles. The molecule has 1 aliphatic carbocycles. The van der Waals surface area contributed by atoms with Gasteiger partial charge in [0.2, 0.25) is 0 Å². The third kappa shape index (κ3) is 3.72. The highest BCUT2D eigenvalue weighted by Gasteiger charge is 2.18. The summed E-state index contributed by atoms with van der Waals surface area (Å²) >= 11 is 0. The average molecular weight is 258 g/mol. The molecule has 0 saturated carbocycles. The Kier molecular flexibility index (Phi) is 4.83. The first-order valence-electron chi connectivity index (χ1n) is 7.07. The number of azide groups is 1. The Hall–Kier alpha value is -1.51. The van der Waals surface area contributed by atoms with Crippen molar-refractivity contribution in [2.45, 2.75) is 45.7 Å². The zero-order chi connectivity index (χ0) is 13.7. The van der Waals surface area contributed by atoms with Crippen molar-refractivity contribution < 1.29 is 0 Å². The standard InChI is InChI=1S/C15H22N4/c1-11(2)9-17-10-12-6-7-14-13(8-12)4-3-5-15(14)18-19-16/h6-8,11,15,17H,3-5,9-10H2,1-2H3. The fourth-order valence-electron chi connectivity index (χ4n) is 2.64. The molecule has 0 radical (unpaired) electrons. The predicted octanol–water partition coefficient (Wildman–Crippen LogP) is 4.12. The number of fused-ring (bicyclic) bond motifs is 1. The molecule has 4 heteroatoms. The number of aryl methyl sites for hydroxylation is 1. The minimum absolute atomic E-state index is 0.0337. The van der Waals surface area contributed by atoms with E-state index in [0.29, 0.717) is 5.92 Å². The number of benzene rings is 1. The van der Waals surface area contributed by atoms with E-state index in [1.165, 1.54) is 16.7 Å². The van der Waals surface area contributed by atoms with Gasteiger partial charge in [-0.15, -0.1) is 0 Å². The molecule has 0 heterocycles. The molecule has 0 aliphatic heterocycles. The first-order chi connectivity index (χ1) is 9.20. The van der Waals surface area contributed by atoms with Crippen molar-refractivity contribution >= 4 is 0 Å². The van der Waals surface area contributed by atoms with E-state index in [0.717, 1.165) is 32.4 Å². The van der Waals surface area contributed by atoms with Crippen LogP contribution < -0.4 is 5.32 Å². The molecule has 19 heavy (non-hydrogen) atoms. The van der Waals surface area contributed by atoms with Gasteiger partial charge >= 0.3 is 0 Å². The number of hydrogen-bond acceptors (Lipinski definition) is 2. The summed E-state index contributed by atoms with van der Waals surface area (Å²) in [6.45, 7) is 6.38. The lowest BCUT2D eigenvalue weighted by atomic mass is 9.87. The van der Waals surface area contributed by atoms with E-state index in [4.69, 9.17) is 5.53 Å². The van der Waals surface area contributed by atoms with E-state index < -0.39 is 0 Å². The van der Waals surface area contributed by atoms with Crippen molar-refractivity contribution in [1.82, 2.24) is 5.32 Å². The third-order valence-electron chi connectivity index (χ3n) is 3.56. The van der Waals surface area contributed by atoms with Gasteiger partial charge in [-0.1, -0.05) is 37.2 Å². The van der Waals surface area contributed by atoms with E-state index in [2.05, 4.69) is 47.4 Å². The van der Waals surface area contributed by atoms with Gasteiger partial charge in [0.05, 0.1) is 6.04 Å². The molecule has 0 fully saturated rings. The largest absolute Gasteiger partial charge is 0.312 e. The normalized spacial score (nSPS) is 17.9. The number of nitrogens with one attached hydrogen (secondary N) is 1. The zero-order valence-corrected chi connectivity index (χ0v) is 11.8. The van der Waals surface area contributed by atoms with Crippen LogP contribution in [-0.2, 0) is 13.0 Å². The van der Waals surface area contributed by atoms with Crippen LogP contribution in [0.4, 0.5) is 0 Å². The zero-order valence-electron chi connectivity index (χ0n) is 11.8. The lowest BCUT2D eigenvalue weighted by Crippen LogP contribution is -2.19. The molecule has 2 rings (SSSR count). The molecule has 1 atom stereocenters. The van der Waals surface area contributed by atoms with Crippen molar-refractivity contribution in [1.29, 1.82) is 0 Å². The molecule has 1 aliphatic rings. The van der Waals surface area contributed by atoms with Crippen LogP contribution in [0.25, 0.3) is 10.4 Å². The van der Waals surface area contributed by atoms with Crippen molar-refractivity contribution in [3.63, 3.8) is 0 Å². The fourth-order valence-corrected chi connectivity index (χ4v) is 2.64. The van der Waals surface area contributed by atoms with Gasteiger partial charge in [-0.3, -0.25) is 0 Å². The SMILES string of the molecule is CC(C)CNCc1ccc2c(c1)CCCC2N=[N+]=[N-]. The van der Waals surface area contributed by atoms with E-state index in [9.17, 15) is 0 Å². The van der Waals surface area contributed by atoms with Crippen molar-refractivity contribution in [2.75, 3.05) is 6.54 Å². The Morgan fingerprint density at radius 1 is 1.47 bits per heavy atom. The van der Waals surface area contributed by atoms with Crippen LogP contribution in [0.15, 0.2) is 23.3 Å². The monoisotopic (exact) mass is 258 g/mol. The highest BCUT2D eigenvalue weighted by atomic mass is 15.1. The summed E-state index contributed by atoms with van der Waals surface area (Å²) in [6, 6.07) is 6.59. The van der Waals surface area contributed by atoms with Gasteiger partial charge in [0.25, 0.3) is 0 Å². The van der Waals surface area contributed by atoms with Crippen LogP contribution in [0.3, 0.4) is 0 Å². The number of nitrogens with zero attached hydrogens (tertiary/aromatic N) is 3. The van der Waals surface area contributed by atoms with Crippen LogP contribution in [0, 0.1) is 5.92 Å². The molecule has 1 aromatic rings. The molecule has 0 saturated heterocycles. The quantitative estimate of drug-likeness (QED) is 0.482. The van der Waals surface area contributed by atoms with Crippen molar-refractivity contribution in [3.8, 4) is 0 Å². The van der Waals surface area contributed by atoms with Crippen LogP contribution in [-0.4, -0.2) is 6.54 Å². The summed E-state index contributed by atoms with van der Waals surface area (Å²) in [5.41, 5.74) is 12.5. The van der Waals surface area contributed by atoms with Gasteiger partial charge in [0, 0.05) is 11.5 Å². The summed E-state index contributed by atoms with van der Waals surface area (Å²) < 4.78 is 0. The molecule has 0 spiro atoms. The molecule has 1 N–H and O–H groups in total. The van der Waals surface area contributed by atoms with Crippen molar-refractivity contribution in [3.05, 3.63) is 45.3 Å². The van der Waals surface area contributed by atoms with E-state index >= 15 is 0 Å². The van der Waals surface area contributed by atoms with Gasteiger partial charge in [0.15, 0.2) is 0 Å². The maximum absolute atomic E-state index is 8.62. The van der Waals surface area contributed by atoms with Gasteiger partial charge in [-0.2, -0.15) is 0 Å². The minimum atomic E-state index is 0.0337. The summed E-state index contributed by atoms with van der Waals surface area (Å²) in [5, 5.41) is 7.37. The van der Waals surface area contributed by atoms with Gasteiger partial charge in [-0.25, -0.2) is 0 Å². The minimum Gasteiger partial charge on any atom is -0.312 e. The molecule has 1 unspecified atom stereocenters. The van der Waals surface area contributed by atoms with Gasteiger partial charge < -0.3 is 5.32 Å². The first-order valence-corrected chi connectivity index (χ1v) is 7.07. The second-order valence-corrected chi connectivity index (χ2v) is 5.67. The molecule has 1 aromatic carbocycles. The topological polar surface area (TPSA) is 60.8 Å². The second kappa shape index (κ2) is 6.60. The smallest absolute Gasteiger partial charge is 0.0628 e. The Bertz CT molecular complexity index is 475. The van der Waals surface area contributed by atoms with Gasteiger partial charge in [0.1, 0.15) is 0 Å². The highest BCUT2D eigenvalue weighted by molar-refractivity contribution is 5.36. The molecular weight excluding hydrogens is 236 g/mol. The Balaban J connectivity index is 2.08. The van der Waals surface area contributed by atoms with Crippen LogP contribution >= 0.6 is 0 Å². The highest BCUT2D eigenvalue weighted by Crippen LogP contribution is 2.33. The molecule has 102 valence electrons. The lowest BCUT2D eigenvalue weighted by molar-refractivity contribution is 0.549. The lowest BCUT2D eigenvalue weighted by Gasteiger charge is -2.22. The van der Waals surface area contributed by atoms with E-state index in [1.807, 2.05) is 0 Å². The third-order valence-corrected chi connectivity index (χ3v) is 3.56. The van der Waals surface area contributed by atoms with E-state index in [1.54, 1.807) is 0 Å². The van der Waals surface area contributed by atoms with Gasteiger partial charge in [-0.05, 0) is 53.9 Å². The number of hydrogen-bond donors (Lipinski definition) is 1. The van der Waals surface area contributed by atoms with E-state index in [-0.39, 0.29) is 6.04 Å². The van der Waals surface area contributed by atoms with Crippen LogP contribution in [0.1, 0.15) is 49.4 Å². The molecule has 0 amide bonds. The average Bonchev–Trinajstić information content (AvgIpc) is 2.39. The summed E-state index contributed by atoms with van der Waals surface area (Å²) in [4.78, 5) is 2.96. The fraction of sp³-hybridized carbons (Fsp3) is 0.600. The molecular formula is C15H22N4.